The summed E-state index contributed by atoms with van der Waals surface area (Å²) in [5.74, 6) is 0.888. The van der Waals surface area contributed by atoms with E-state index in [9.17, 15) is 4.79 Å². The number of aryl methyl sites for hydroxylation is 2. The SMILES string of the molecule is CC(=O)C(CCCl)CCc1cnn(C)c1. The molecule has 3 nitrogen and oxygen atoms in total. The summed E-state index contributed by atoms with van der Waals surface area (Å²) < 4.78 is 1.78. The minimum Gasteiger partial charge on any atom is -0.300 e. The third-order valence-corrected chi connectivity index (χ3v) is 2.79. The Morgan fingerprint density at radius 3 is 2.80 bits per heavy atom. The van der Waals surface area contributed by atoms with Crippen molar-refractivity contribution < 1.29 is 4.79 Å². The zero-order chi connectivity index (χ0) is 11.3. The van der Waals surface area contributed by atoms with Gasteiger partial charge in [0.25, 0.3) is 0 Å². The predicted molar refractivity (Wildman–Crippen MR) is 61.0 cm³/mol. The van der Waals surface area contributed by atoms with Crippen LogP contribution in [0.5, 0.6) is 0 Å². The zero-order valence-corrected chi connectivity index (χ0v) is 10.00. The van der Waals surface area contributed by atoms with Crippen LogP contribution in [0.3, 0.4) is 0 Å². The summed E-state index contributed by atoms with van der Waals surface area (Å²) in [5, 5.41) is 4.09. The van der Waals surface area contributed by atoms with Crippen LogP contribution in [0.25, 0.3) is 0 Å². The molecule has 0 N–H and O–H groups in total. The van der Waals surface area contributed by atoms with Crippen molar-refractivity contribution in [2.75, 3.05) is 5.88 Å². The van der Waals surface area contributed by atoms with Gasteiger partial charge in [-0.15, -0.1) is 11.6 Å². The first-order chi connectivity index (χ1) is 7.13. The number of hydrogen-bond donors (Lipinski definition) is 0. The van der Waals surface area contributed by atoms with Crippen molar-refractivity contribution in [1.82, 2.24) is 9.78 Å². The van der Waals surface area contributed by atoms with E-state index in [1.54, 1.807) is 11.6 Å². The molecular formula is C11H17ClN2O. The fourth-order valence-corrected chi connectivity index (χ4v) is 1.89. The third kappa shape index (κ3) is 4.04. The molecule has 1 atom stereocenters. The van der Waals surface area contributed by atoms with Crippen molar-refractivity contribution in [3.05, 3.63) is 18.0 Å². The highest BCUT2D eigenvalue weighted by Gasteiger charge is 2.13. The second-order valence-electron chi connectivity index (χ2n) is 3.85. The Kier molecular flexibility index (Phi) is 4.82. The Labute approximate surface area is 95.4 Å². The molecule has 0 aliphatic rings. The van der Waals surface area contributed by atoms with Crippen molar-refractivity contribution in [1.29, 1.82) is 0 Å². The van der Waals surface area contributed by atoms with Crippen LogP contribution < -0.4 is 0 Å². The Morgan fingerprint density at radius 2 is 2.33 bits per heavy atom. The largest absolute Gasteiger partial charge is 0.300 e. The van der Waals surface area contributed by atoms with Gasteiger partial charge in [0, 0.05) is 25.0 Å². The maximum atomic E-state index is 11.3. The molecule has 0 radical (unpaired) electrons. The van der Waals surface area contributed by atoms with E-state index in [4.69, 9.17) is 11.6 Å². The lowest BCUT2D eigenvalue weighted by Crippen LogP contribution is -2.12. The smallest absolute Gasteiger partial charge is 0.132 e. The van der Waals surface area contributed by atoms with Crippen molar-refractivity contribution >= 4 is 17.4 Å². The number of hydrogen-bond acceptors (Lipinski definition) is 2. The number of ketones is 1. The molecule has 0 fully saturated rings. The Hall–Kier alpha value is -0.830. The minimum atomic E-state index is 0.0997. The first-order valence-corrected chi connectivity index (χ1v) is 5.71. The van der Waals surface area contributed by atoms with Crippen LogP contribution in [-0.4, -0.2) is 21.4 Å². The summed E-state index contributed by atoms with van der Waals surface area (Å²) in [7, 11) is 1.89. The second kappa shape index (κ2) is 5.91. The second-order valence-corrected chi connectivity index (χ2v) is 4.22. The third-order valence-electron chi connectivity index (χ3n) is 2.57. The van der Waals surface area contributed by atoms with Crippen LogP contribution in [0.1, 0.15) is 25.3 Å². The fraction of sp³-hybridized carbons (Fsp3) is 0.636. The topological polar surface area (TPSA) is 34.9 Å². The van der Waals surface area contributed by atoms with Crippen molar-refractivity contribution in [3.8, 4) is 0 Å². The van der Waals surface area contributed by atoms with E-state index < -0.39 is 0 Å². The molecule has 0 saturated carbocycles. The van der Waals surface area contributed by atoms with E-state index >= 15 is 0 Å². The van der Waals surface area contributed by atoms with E-state index in [2.05, 4.69) is 5.10 Å². The summed E-state index contributed by atoms with van der Waals surface area (Å²) in [5.41, 5.74) is 1.18. The number of aromatic nitrogens is 2. The van der Waals surface area contributed by atoms with Gasteiger partial charge in [-0.2, -0.15) is 5.10 Å². The molecule has 0 aromatic carbocycles. The van der Waals surface area contributed by atoms with Crippen LogP contribution in [0.2, 0.25) is 0 Å². The van der Waals surface area contributed by atoms with Gasteiger partial charge in [-0.05, 0) is 31.7 Å². The van der Waals surface area contributed by atoms with Gasteiger partial charge in [-0.3, -0.25) is 9.48 Å². The highest BCUT2D eigenvalue weighted by molar-refractivity contribution is 6.18. The van der Waals surface area contributed by atoms with Gasteiger partial charge < -0.3 is 0 Å². The number of halogens is 1. The molecule has 0 aliphatic heterocycles. The Morgan fingerprint density at radius 1 is 1.60 bits per heavy atom. The van der Waals surface area contributed by atoms with E-state index in [-0.39, 0.29) is 11.7 Å². The van der Waals surface area contributed by atoms with E-state index in [1.165, 1.54) is 5.56 Å². The summed E-state index contributed by atoms with van der Waals surface area (Å²) in [6, 6.07) is 0. The van der Waals surface area contributed by atoms with E-state index in [1.807, 2.05) is 19.4 Å². The van der Waals surface area contributed by atoms with Crippen molar-refractivity contribution in [2.24, 2.45) is 13.0 Å². The molecule has 0 saturated heterocycles. The molecule has 0 spiro atoms. The first-order valence-electron chi connectivity index (χ1n) is 5.17. The molecule has 1 aromatic heterocycles. The molecule has 84 valence electrons. The lowest BCUT2D eigenvalue weighted by atomic mass is 9.95. The number of carbonyl (C=O) groups excluding carboxylic acids is 1. The maximum Gasteiger partial charge on any atom is 0.132 e. The highest BCUT2D eigenvalue weighted by Crippen LogP contribution is 2.14. The summed E-state index contributed by atoms with van der Waals surface area (Å²) >= 11 is 5.66. The predicted octanol–water partition coefficient (Wildman–Crippen LogP) is 2.19. The van der Waals surface area contributed by atoms with Gasteiger partial charge in [-0.1, -0.05) is 0 Å². The molecule has 15 heavy (non-hydrogen) atoms. The fourth-order valence-electron chi connectivity index (χ4n) is 1.62. The van der Waals surface area contributed by atoms with Gasteiger partial charge in [0.15, 0.2) is 0 Å². The Bertz CT molecular complexity index is 322. The van der Waals surface area contributed by atoms with Crippen LogP contribution in [0.4, 0.5) is 0 Å². The monoisotopic (exact) mass is 228 g/mol. The molecule has 0 amide bonds. The Balaban J connectivity index is 2.43. The van der Waals surface area contributed by atoms with Crippen LogP contribution in [-0.2, 0) is 18.3 Å². The van der Waals surface area contributed by atoms with Gasteiger partial charge in [-0.25, -0.2) is 0 Å². The molecule has 0 aliphatic carbocycles. The van der Waals surface area contributed by atoms with Gasteiger partial charge in [0.05, 0.1) is 6.20 Å². The number of nitrogens with zero attached hydrogens (tertiary/aromatic N) is 2. The van der Waals surface area contributed by atoms with Crippen LogP contribution in [0, 0.1) is 5.92 Å². The first kappa shape index (κ1) is 12.2. The molecule has 4 heteroatoms. The molecule has 1 aromatic rings. The number of carbonyl (C=O) groups is 1. The summed E-state index contributed by atoms with van der Waals surface area (Å²) in [6.45, 7) is 1.64. The minimum absolute atomic E-state index is 0.0997. The number of alkyl halides is 1. The lowest BCUT2D eigenvalue weighted by Gasteiger charge is -2.10. The number of rotatable bonds is 6. The van der Waals surface area contributed by atoms with Crippen molar-refractivity contribution in [2.45, 2.75) is 26.2 Å². The standard InChI is InChI=1S/C11H17ClN2O/c1-9(15)11(5-6-12)4-3-10-7-13-14(2)8-10/h7-8,11H,3-6H2,1-2H3. The summed E-state index contributed by atoms with van der Waals surface area (Å²) in [6.07, 6.45) is 6.37. The zero-order valence-electron chi connectivity index (χ0n) is 9.24. The molecule has 0 bridgehead atoms. The van der Waals surface area contributed by atoms with Crippen molar-refractivity contribution in [3.63, 3.8) is 0 Å². The quantitative estimate of drug-likeness (QED) is 0.700. The average molecular weight is 229 g/mol. The molecule has 1 heterocycles. The molecule has 1 rings (SSSR count). The van der Waals surface area contributed by atoms with E-state index in [0.29, 0.717) is 5.88 Å². The maximum absolute atomic E-state index is 11.3. The lowest BCUT2D eigenvalue weighted by molar-refractivity contribution is -0.120. The van der Waals surface area contributed by atoms with Crippen LogP contribution in [0.15, 0.2) is 12.4 Å². The molecular weight excluding hydrogens is 212 g/mol. The van der Waals surface area contributed by atoms with Crippen LogP contribution >= 0.6 is 11.6 Å². The van der Waals surface area contributed by atoms with Gasteiger partial charge in [0.2, 0.25) is 0 Å². The highest BCUT2D eigenvalue weighted by atomic mass is 35.5. The molecule has 1 unspecified atom stereocenters. The average Bonchev–Trinajstić information content (AvgIpc) is 2.58. The van der Waals surface area contributed by atoms with Gasteiger partial charge >= 0.3 is 0 Å². The van der Waals surface area contributed by atoms with E-state index in [0.717, 1.165) is 19.3 Å². The summed E-state index contributed by atoms with van der Waals surface area (Å²) in [4.78, 5) is 11.3. The van der Waals surface area contributed by atoms with Gasteiger partial charge in [0.1, 0.15) is 5.78 Å². The normalized spacial score (nSPS) is 12.7. The number of Topliss-reactive ketones (excluding diaryl/α,β-unsaturated/α-hetero) is 1.